The van der Waals surface area contributed by atoms with Crippen LogP contribution in [-0.2, 0) is 20.0 Å². The van der Waals surface area contributed by atoms with Gasteiger partial charge in [-0.1, -0.05) is 47.5 Å². The Labute approximate surface area is 220 Å². The lowest BCUT2D eigenvalue weighted by molar-refractivity contribution is 0.102. The zero-order chi connectivity index (χ0) is 26.6. The summed E-state index contributed by atoms with van der Waals surface area (Å²) in [6.45, 7) is 1.85. The van der Waals surface area contributed by atoms with Crippen molar-refractivity contribution in [3.63, 3.8) is 0 Å². The monoisotopic (exact) mass is 555 g/mol. The molecule has 0 aliphatic rings. The number of nitrogens with one attached hydrogen (secondary N) is 3. The Balaban J connectivity index is 1.50. The Hall–Kier alpha value is -3.86. The van der Waals surface area contributed by atoms with Gasteiger partial charge in [0.1, 0.15) is 0 Å². The Morgan fingerprint density at radius 2 is 1.27 bits per heavy atom. The quantitative estimate of drug-likeness (QED) is 0.265. The average molecular weight is 556 g/mol. The molecule has 37 heavy (non-hydrogen) atoms. The van der Waals surface area contributed by atoms with Crippen molar-refractivity contribution in [3.8, 4) is 0 Å². The van der Waals surface area contributed by atoms with Crippen LogP contribution in [-0.4, -0.2) is 22.7 Å². The fourth-order valence-electron chi connectivity index (χ4n) is 3.37. The minimum atomic E-state index is -3.92. The standard InChI is InChI=1S/C26H22ClN3O5S2/c1-18-9-13-22(14-10-18)37(34,35)30-25-8-3-2-7-24(25)26(31)28-20-11-15-23(16-12-20)36(32,33)29-21-6-4-5-19(27)17-21/h2-17,29-30H,1H3,(H,28,31). The third-order valence-corrected chi connectivity index (χ3v) is 8.26. The molecular formula is C26H22ClN3O5S2. The number of para-hydroxylation sites is 1. The van der Waals surface area contributed by atoms with E-state index in [0.717, 1.165) is 5.56 Å². The number of sulfonamides is 2. The van der Waals surface area contributed by atoms with Gasteiger partial charge in [-0.05, 0) is 73.7 Å². The molecule has 0 aliphatic heterocycles. The second-order valence-corrected chi connectivity index (χ2v) is 11.9. The van der Waals surface area contributed by atoms with Crippen molar-refractivity contribution in [3.05, 3.63) is 113 Å². The topological polar surface area (TPSA) is 121 Å². The molecule has 0 saturated heterocycles. The van der Waals surface area contributed by atoms with Crippen molar-refractivity contribution in [1.29, 1.82) is 0 Å². The first kappa shape index (κ1) is 26.2. The third kappa shape index (κ3) is 6.48. The van der Waals surface area contributed by atoms with Gasteiger partial charge in [0, 0.05) is 10.7 Å². The summed E-state index contributed by atoms with van der Waals surface area (Å²) in [5.41, 5.74) is 1.75. The highest BCUT2D eigenvalue weighted by atomic mass is 35.5. The summed E-state index contributed by atoms with van der Waals surface area (Å²) in [4.78, 5) is 13.0. The van der Waals surface area contributed by atoms with Gasteiger partial charge >= 0.3 is 0 Å². The van der Waals surface area contributed by atoms with Gasteiger partial charge in [0.05, 0.1) is 26.7 Å². The summed E-state index contributed by atoms with van der Waals surface area (Å²) >= 11 is 5.91. The van der Waals surface area contributed by atoms with Crippen LogP contribution < -0.4 is 14.8 Å². The van der Waals surface area contributed by atoms with E-state index in [2.05, 4.69) is 14.8 Å². The molecule has 0 aliphatic carbocycles. The minimum absolute atomic E-state index is 0.0169. The van der Waals surface area contributed by atoms with E-state index in [0.29, 0.717) is 16.4 Å². The molecule has 0 heterocycles. The van der Waals surface area contributed by atoms with E-state index in [1.54, 1.807) is 42.5 Å². The van der Waals surface area contributed by atoms with Crippen LogP contribution in [0.25, 0.3) is 0 Å². The molecule has 4 rings (SSSR count). The van der Waals surface area contributed by atoms with Crippen molar-refractivity contribution >= 4 is 54.6 Å². The van der Waals surface area contributed by atoms with Gasteiger partial charge in [0.25, 0.3) is 26.0 Å². The summed E-state index contributed by atoms with van der Waals surface area (Å²) in [5, 5.41) is 3.05. The molecule has 8 nitrogen and oxygen atoms in total. The highest BCUT2D eigenvalue weighted by Crippen LogP contribution is 2.24. The maximum Gasteiger partial charge on any atom is 0.261 e. The number of anilines is 3. The lowest BCUT2D eigenvalue weighted by Crippen LogP contribution is -2.18. The maximum absolute atomic E-state index is 13.0. The number of amides is 1. The van der Waals surface area contributed by atoms with Gasteiger partial charge in [-0.15, -0.1) is 0 Å². The fourth-order valence-corrected chi connectivity index (χ4v) is 5.69. The number of aryl methyl sites for hydroxylation is 1. The van der Waals surface area contributed by atoms with Crippen molar-refractivity contribution in [2.75, 3.05) is 14.8 Å². The molecule has 0 fully saturated rings. The number of rotatable bonds is 8. The average Bonchev–Trinajstić information content (AvgIpc) is 2.84. The molecule has 4 aromatic rings. The lowest BCUT2D eigenvalue weighted by Gasteiger charge is -2.13. The van der Waals surface area contributed by atoms with E-state index in [1.807, 2.05) is 6.92 Å². The van der Waals surface area contributed by atoms with E-state index < -0.39 is 26.0 Å². The van der Waals surface area contributed by atoms with E-state index in [4.69, 9.17) is 11.6 Å². The zero-order valence-corrected chi connectivity index (χ0v) is 21.9. The number of carbonyl (C=O) groups excluding carboxylic acids is 1. The molecule has 3 N–H and O–H groups in total. The highest BCUT2D eigenvalue weighted by Gasteiger charge is 2.19. The molecule has 1 amide bonds. The van der Waals surface area contributed by atoms with Crippen molar-refractivity contribution < 1.29 is 21.6 Å². The van der Waals surface area contributed by atoms with Gasteiger partial charge in [-0.3, -0.25) is 14.2 Å². The normalized spacial score (nSPS) is 11.5. The second-order valence-electron chi connectivity index (χ2n) is 8.06. The molecule has 4 aromatic carbocycles. The predicted octanol–water partition coefficient (Wildman–Crippen LogP) is 5.50. The van der Waals surface area contributed by atoms with Crippen LogP contribution in [0.5, 0.6) is 0 Å². The number of hydrogen-bond donors (Lipinski definition) is 3. The van der Waals surface area contributed by atoms with Crippen LogP contribution in [0.1, 0.15) is 15.9 Å². The molecule has 0 atom stereocenters. The molecule has 11 heteroatoms. The van der Waals surface area contributed by atoms with Gasteiger partial charge in [0.2, 0.25) is 0 Å². The number of halogens is 1. The minimum Gasteiger partial charge on any atom is -0.322 e. The zero-order valence-electron chi connectivity index (χ0n) is 19.5. The Bertz CT molecular complexity index is 1660. The molecule has 0 bridgehead atoms. The van der Waals surface area contributed by atoms with Gasteiger partial charge in [-0.25, -0.2) is 16.8 Å². The maximum atomic E-state index is 13.0. The first-order valence-corrected chi connectivity index (χ1v) is 14.3. The van der Waals surface area contributed by atoms with Crippen molar-refractivity contribution in [1.82, 2.24) is 0 Å². The summed E-state index contributed by atoms with van der Waals surface area (Å²) in [5.74, 6) is -0.574. The first-order chi connectivity index (χ1) is 17.5. The number of hydrogen-bond acceptors (Lipinski definition) is 5. The van der Waals surface area contributed by atoms with E-state index in [9.17, 15) is 21.6 Å². The van der Waals surface area contributed by atoms with Crippen LogP contribution >= 0.6 is 11.6 Å². The van der Waals surface area contributed by atoms with Crippen LogP contribution in [0.2, 0.25) is 5.02 Å². The largest absolute Gasteiger partial charge is 0.322 e. The molecule has 0 aromatic heterocycles. The smallest absolute Gasteiger partial charge is 0.261 e. The fraction of sp³-hybridized carbons (Fsp3) is 0.0385. The van der Waals surface area contributed by atoms with Crippen LogP contribution in [0.15, 0.2) is 107 Å². The molecule has 0 radical (unpaired) electrons. The van der Waals surface area contributed by atoms with Gasteiger partial charge in [0.15, 0.2) is 0 Å². The Morgan fingerprint density at radius 1 is 0.676 bits per heavy atom. The summed E-state index contributed by atoms with van der Waals surface area (Å²) in [6, 6.07) is 24.4. The van der Waals surface area contributed by atoms with E-state index >= 15 is 0 Å². The van der Waals surface area contributed by atoms with Gasteiger partial charge in [-0.2, -0.15) is 0 Å². The van der Waals surface area contributed by atoms with Crippen molar-refractivity contribution in [2.24, 2.45) is 0 Å². The van der Waals surface area contributed by atoms with Crippen LogP contribution in [0.4, 0.5) is 17.1 Å². The molecule has 0 unspecified atom stereocenters. The van der Waals surface area contributed by atoms with Crippen LogP contribution in [0.3, 0.4) is 0 Å². The molecule has 190 valence electrons. The van der Waals surface area contributed by atoms with Gasteiger partial charge < -0.3 is 5.32 Å². The summed E-state index contributed by atoms with van der Waals surface area (Å²) in [6.07, 6.45) is 0. The first-order valence-electron chi connectivity index (χ1n) is 10.9. The number of carbonyl (C=O) groups is 1. The Kier molecular flexibility index (Phi) is 7.53. The number of benzene rings is 4. The summed E-state index contributed by atoms with van der Waals surface area (Å²) < 4.78 is 55.9. The molecule has 0 saturated carbocycles. The molecular weight excluding hydrogens is 534 g/mol. The third-order valence-electron chi connectivity index (χ3n) is 5.25. The predicted molar refractivity (Wildman–Crippen MR) is 145 cm³/mol. The highest BCUT2D eigenvalue weighted by molar-refractivity contribution is 7.93. The lowest BCUT2D eigenvalue weighted by atomic mass is 10.1. The second kappa shape index (κ2) is 10.6. The molecule has 0 spiro atoms. The van der Waals surface area contributed by atoms with Crippen molar-refractivity contribution in [2.45, 2.75) is 16.7 Å². The van der Waals surface area contributed by atoms with Crippen LogP contribution in [0, 0.1) is 6.92 Å². The van der Waals surface area contributed by atoms with E-state index in [-0.39, 0.29) is 21.0 Å². The van der Waals surface area contributed by atoms with E-state index in [1.165, 1.54) is 54.6 Å². The SMILES string of the molecule is Cc1ccc(S(=O)(=O)Nc2ccccc2C(=O)Nc2ccc(S(=O)(=O)Nc3cccc(Cl)c3)cc2)cc1. The summed E-state index contributed by atoms with van der Waals surface area (Å²) in [7, 11) is -7.80. The Morgan fingerprint density at radius 3 is 1.92 bits per heavy atom.